The van der Waals surface area contributed by atoms with Gasteiger partial charge in [0.2, 0.25) is 5.06 Å². The average Bonchev–Trinajstić information content (AvgIpc) is 2.52. The Kier molecular flexibility index (Phi) is 3.82. The van der Waals surface area contributed by atoms with Crippen molar-refractivity contribution in [3.8, 4) is 10.8 Å². The van der Waals surface area contributed by atoms with Gasteiger partial charge in [-0.3, -0.25) is 4.79 Å². The summed E-state index contributed by atoms with van der Waals surface area (Å²) in [5.41, 5.74) is 0. The molecule has 0 atom stereocenters. The van der Waals surface area contributed by atoms with Gasteiger partial charge in [-0.15, -0.1) is 11.3 Å². The Labute approximate surface area is 83.3 Å². The van der Waals surface area contributed by atoms with Crippen molar-refractivity contribution in [2.24, 2.45) is 0 Å². The number of thiophene rings is 1. The second kappa shape index (κ2) is 4.90. The fourth-order valence-corrected chi connectivity index (χ4v) is 1.41. The predicted molar refractivity (Wildman–Crippen MR) is 46.9 cm³/mol. The molecular weight excluding hydrogens is 214 g/mol. The molecule has 6 heteroatoms. The number of carbonyl (C=O) groups is 1. The van der Waals surface area contributed by atoms with Crippen LogP contribution in [0.1, 0.15) is 13.3 Å². The molecule has 0 aliphatic rings. The lowest BCUT2D eigenvalue weighted by Gasteiger charge is -2.04. The number of hydrogen-bond donors (Lipinski definition) is 0. The van der Waals surface area contributed by atoms with Crippen LogP contribution in [0.4, 0.5) is 8.78 Å². The molecule has 1 aromatic heterocycles. The van der Waals surface area contributed by atoms with Gasteiger partial charge < -0.3 is 9.47 Å². The van der Waals surface area contributed by atoms with Crippen LogP contribution in [0.2, 0.25) is 0 Å². The molecule has 0 bridgehead atoms. The summed E-state index contributed by atoms with van der Waals surface area (Å²) < 4.78 is 32.6. The van der Waals surface area contributed by atoms with Crippen LogP contribution >= 0.6 is 11.3 Å². The summed E-state index contributed by atoms with van der Waals surface area (Å²) in [7, 11) is 0. The van der Waals surface area contributed by atoms with Gasteiger partial charge >= 0.3 is 12.6 Å². The standard InChI is InChI=1S/C8H8F2O3S/c1-2-6(11)13-7-5(3-4-14-7)12-8(9)10/h3-4,8H,2H2,1H3. The summed E-state index contributed by atoms with van der Waals surface area (Å²) in [4.78, 5) is 10.9. The van der Waals surface area contributed by atoms with Crippen molar-refractivity contribution in [1.82, 2.24) is 0 Å². The first-order valence-corrected chi connectivity index (χ1v) is 4.74. The Balaban J connectivity index is 2.67. The van der Waals surface area contributed by atoms with Crippen molar-refractivity contribution in [3.05, 3.63) is 11.4 Å². The first-order chi connectivity index (χ1) is 6.63. The number of esters is 1. The van der Waals surface area contributed by atoms with E-state index in [2.05, 4.69) is 4.74 Å². The maximum Gasteiger partial charge on any atom is 0.387 e. The summed E-state index contributed by atoms with van der Waals surface area (Å²) in [5.74, 6) is -0.585. The predicted octanol–water partition coefficient (Wildman–Crippen LogP) is 2.66. The van der Waals surface area contributed by atoms with E-state index in [0.717, 1.165) is 11.3 Å². The Hall–Kier alpha value is -1.17. The molecule has 78 valence electrons. The molecule has 1 heterocycles. The zero-order valence-corrected chi connectivity index (χ0v) is 8.14. The highest BCUT2D eigenvalue weighted by atomic mass is 32.1. The minimum Gasteiger partial charge on any atom is -0.430 e. The van der Waals surface area contributed by atoms with E-state index in [1.165, 1.54) is 11.4 Å². The first-order valence-electron chi connectivity index (χ1n) is 3.86. The zero-order valence-electron chi connectivity index (χ0n) is 7.33. The summed E-state index contributed by atoms with van der Waals surface area (Å²) in [6.45, 7) is -1.30. The van der Waals surface area contributed by atoms with Gasteiger partial charge in [-0.25, -0.2) is 0 Å². The molecular formula is C8H8F2O3S. The lowest BCUT2D eigenvalue weighted by Crippen LogP contribution is -2.07. The smallest absolute Gasteiger partial charge is 0.387 e. The monoisotopic (exact) mass is 222 g/mol. The van der Waals surface area contributed by atoms with E-state index in [4.69, 9.17) is 4.74 Å². The van der Waals surface area contributed by atoms with Crippen molar-refractivity contribution in [2.45, 2.75) is 20.0 Å². The average molecular weight is 222 g/mol. The van der Waals surface area contributed by atoms with E-state index in [1.54, 1.807) is 6.92 Å². The van der Waals surface area contributed by atoms with Crippen LogP contribution < -0.4 is 9.47 Å². The maximum absolute atomic E-state index is 11.8. The van der Waals surface area contributed by atoms with Crippen molar-refractivity contribution in [1.29, 1.82) is 0 Å². The van der Waals surface area contributed by atoms with Gasteiger partial charge in [-0.1, -0.05) is 6.92 Å². The molecule has 3 nitrogen and oxygen atoms in total. The van der Waals surface area contributed by atoms with Crippen molar-refractivity contribution in [3.63, 3.8) is 0 Å². The van der Waals surface area contributed by atoms with E-state index < -0.39 is 12.6 Å². The molecule has 14 heavy (non-hydrogen) atoms. The van der Waals surface area contributed by atoms with Gasteiger partial charge in [0, 0.05) is 6.42 Å². The highest BCUT2D eigenvalue weighted by Gasteiger charge is 2.14. The molecule has 1 aromatic rings. The number of alkyl halides is 2. The van der Waals surface area contributed by atoms with E-state index in [-0.39, 0.29) is 17.2 Å². The quantitative estimate of drug-likeness (QED) is 0.735. The molecule has 0 aliphatic carbocycles. The second-order valence-corrected chi connectivity index (χ2v) is 3.16. The van der Waals surface area contributed by atoms with Gasteiger partial charge in [0.1, 0.15) is 0 Å². The lowest BCUT2D eigenvalue weighted by atomic mass is 10.5. The molecule has 0 N–H and O–H groups in total. The van der Waals surface area contributed by atoms with Crippen molar-refractivity contribution < 1.29 is 23.0 Å². The lowest BCUT2D eigenvalue weighted by molar-refractivity contribution is -0.134. The largest absolute Gasteiger partial charge is 0.430 e. The molecule has 0 saturated heterocycles. The highest BCUT2D eigenvalue weighted by Crippen LogP contribution is 2.34. The Morgan fingerprint density at radius 1 is 1.64 bits per heavy atom. The van der Waals surface area contributed by atoms with Gasteiger partial charge in [-0.05, 0) is 11.4 Å². The van der Waals surface area contributed by atoms with Crippen molar-refractivity contribution >= 4 is 17.3 Å². The van der Waals surface area contributed by atoms with Crippen LogP contribution in [-0.2, 0) is 4.79 Å². The Morgan fingerprint density at radius 2 is 2.36 bits per heavy atom. The fourth-order valence-electron chi connectivity index (χ4n) is 0.717. The minimum absolute atomic E-state index is 0.0668. The van der Waals surface area contributed by atoms with Crippen molar-refractivity contribution in [2.75, 3.05) is 0 Å². The van der Waals surface area contributed by atoms with Gasteiger partial charge in [0.25, 0.3) is 0 Å². The number of carbonyl (C=O) groups excluding carboxylic acids is 1. The van der Waals surface area contributed by atoms with E-state index in [9.17, 15) is 13.6 Å². The van der Waals surface area contributed by atoms with Crippen LogP contribution in [0.5, 0.6) is 10.8 Å². The van der Waals surface area contributed by atoms with Crippen LogP contribution in [-0.4, -0.2) is 12.6 Å². The molecule has 0 spiro atoms. The molecule has 0 saturated carbocycles. The third-order valence-electron chi connectivity index (χ3n) is 1.31. The summed E-state index contributed by atoms with van der Waals surface area (Å²) in [6, 6.07) is 1.33. The molecule has 0 unspecified atom stereocenters. The van der Waals surface area contributed by atoms with Crippen LogP contribution in [0.15, 0.2) is 11.4 Å². The SMILES string of the molecule is CCC(=O)Oc1sccc1OC(F)F. The number of hydrogen-bond acceptors (Lipinski definition) is 4. The van der Waals surface area contributed by atoms with Crippen LogP contribution in [0.25, 0.3) is 0 Å². The van der Waals surface area contributed by atoms with Gasteiger partial charge in [0.05, 0.1) is 0 Å². The highest BCUT2D eigenvalue weighted by molar-refractivity contribution is 7.12. The maximum atomic E-state index is 11.8. The number of halogens is 2. The topological polar surface area (TPSA) is 35.5 Å². The van der Waals surface area contributed by atoms with E-state index >= 15 is 0 Å². The number of ether oxygens (including phenoxy) is 2. The molecule has 0 amide bonds. The number of rotatable bonds is 4. The molecule has 1 rings (SSSR count). The molecule has 0 fully saturated rings. The van der Waals surface area contributed by atoms with E-state index in [0.29, 0.717) is 0 Å². The molecule has 0 aromatic carbocycles. The van der Waals surface area contributed by atoms with Crippen LogP contribution in [0.3, 0.4) is 0 Å². The molecule has 0 radical (unpaired) electrons. The molecule has 0 aliphatic heterocycles. The fraction of sp³-hybridized carbons (Fsp3) is 0.375. The second-order valence-electron chi connectivity index (χ2n) is 2.28. The summed E-state index contributed by atoms with van der Waals surface area (Å²) >= 11 is 1.03. The van der Waals surface area contributed by atoms with Gasteiger partial charge in [0.15, 0.2) is 5.75 Å². The third kappa shape index (κ3) is 2.95. The third-order valence-corrected chi connectivity index (χ3v) is 2.08. The summed E-state index contributed by atoms with van der Waals surface area (Å²) in [6.07, 6.45) is 0.187. The Bertz CT molecular complexity index is 311. The minimum atomic E-state index is -2.91. The summed E-state index contributed by atoms with van der Waals surface area (Å²) in [5, 5.41) is 1.58. The first kappa shape index (κ1) is 10.9. The van der Waals surface area contributed by atoms with Crippen LogP contribution in [0, 0.1) is 0 Å². The Morgan fingerprint density at radius 3 is 2.93 bits per heavy atom. The van der Waals surface area contributed by atoms with E-state index in [1.807, 2.05) is 0 Å². The normalized spacial score (nSPS) is 10.3. The van der Waals surface area contributed by atoms with Gasteiger partial charge in [-0.2, -0.15) is 8.78 Å². The zero-order chi connectivity index (χ0) is 10.6.